The van der Waals surface area contributed by atoms with Crippen molar-refractivity contribution in [3.8, 4) is 5.75 Å². The number of hydrogen-bond donors (Lipinski definition) is 1. The lowest BCUT2D eigenvalue weighted by Crippen LogP contribution is -2.08. The Morgan fingerprint density at radius 1 is 1.19 bits per heavy atom. The highest BCUT2D eigenvalue weighted by molar-refractivity contribution is 7.16. The maximum atomic E-state index is 6.13. The van der Waals surface area contributed by atoms with Crippen LogP contribution in [0.2, 0.25) is 5.15 Å². The Kier molecular flexibility index (Phi) is 4.22. The smallest absolute Gasteiger partial charge is 0.225 e. The average Bonchev–Trinajstić information content (AvgIpc) is 2.97. The number of ether oxygens (including phenoxy) is 1. The van der Waals surface area contributed by atoms with Crippen LogP contribution >= 0.6 is 22.9 Å². The largest absolute Gasteiger partial charge is 0.497 e. The van der Waals surface area contributed by atoms with E-state index in [0.29, 0.717) is 11.1 Å². The van der Waals surface area contributed by atoms with Gasteiger partial charge in [0.2, 0.25) is 5.95 Å². The molecular formula is C15H14ClN3OS. The van der Waals surface area contributed by atoms with Crippen LogP contribution < -0.4 is 10.1 Å². The predicted molar refractivity (Wildman–Crippen MR) is 87.6 cm³/mol. The topological polar surface area (TPSA) is 47.0 Å². The van der Waals surface area contributed by atoms with Gasteiger partial charge < -0.3 is 10.1 Å². The van der Waals surface area contributed by atoms with Crippen molar-refractivity contribution in [3.05, 3.63) is 46.4 Å². The Balaban J connectivity index is 1.63. The van der Waals surface area contributed by atoms with Crippen molar-refractivity contribution >= 4 is 39.1 Å². The van der Waals surface area contributed by atoms with Gasteiger partial charge in [0.15, 0.2) is 0 Å². The predicted octanol–water partition coefficient (Wildman–Crippen LogP) is 4.01. The highest BCUT2D eigenvalue weighted by Gasteiger charge is 2.06. The molecule has 0 spiro atoms. The van der Waals surface area contributed by atoms with E-state index in [0.717, 1.165) is 28.9 Å². The summed E-state index contributed by atoms with van der Waals surface area (Å²) in [5.41, 5.74) is 1.23. The lowest BCUT2D eigenvalue weighted by Gasteiger charge is -2.06. The fourth-order valence-corrected chi connectivity index (χ4v) is 3.06. The molecule has 0 unspecified atom stereocenters. The molecule has 0 fully saturated rings. The van der Waals surface area contributed by atoms with E-state index >= 15 is 0 Å². The highest BCUT2D eigenvalue weighted by atomic mass is 35.5. The summed E-state index contributed by atoms with van der Waals surface area (Å²) < 4.78 is 5.14. The Labute approximate surface area is 131 Å². The number of fused-ring (bicyclic) bond motifs is 1. The van der Waals surface area contributed by atoms with Gasteiger partial charge in [-0.3, -0.25) is 0 Å². The molecule has 3 rings (SSSR count). The van der Waals surface area contributed by atoms with Crippen molar-refractivity contribution in [1.29, 1.82) is 0 Å². The zero-order valence-corrected chi connectivity index (χ0v) is 13.0. The number of nitrogens with zero attached hydrogens (tertiary/aromatic N) is 2. The Bertz CT molecular complexity index is 742. The molecule has 4 nitrogen and oxygen atoms in total. The summed E-state index contributed by atoms with van der Waals surface area (Å²) in [6.45, 7) is 0.750. The lowest BCUT2D eigenvalue weighted by molar-refractivity contribution is 0.414. The van der Waals surface area contributed by atoms with Crippen LogP contribution in [0.15, 0.2) is 35.7 Å². The molecule has 0 aliphatic rings. The molecular weight excluding hydrogens is 306 g/mol. The minimum absolute atomic E-state index is 0.494. The Morgan fingerprint density at radius 3 is 2.76 bits per heavy atom. The highest BCUT2D eigenvalue weighted by Crippen LogP contribution is 2.25. The van der Waals surface area contributed by atoms with Crippen LogP contribution in [0.1, 0.15) is 5.56 Å². The summed E-state index contributed by atoms with van der Waals surface area (Å²) >= 11 is 7.69. The third kappa shape index (κ3) is 3.25. The number of benzene rings is 1. The van der Waals surface area contributed by atoms with Gasteiger partial charge in [-0.15, -0.1) is 11.3 Å². The summed E-state index contributed by atoms with van der Waals surface area (Å²) in [5, 5.41) is 6.58. The molecule has 2 heterocycles. The van der Waals surface area contributed by atoms with Crippen LogP contribution in [-0.2, 0) is 6.42 Å². The zero-order chi connectivity index (χ0) is 14.7. The fraction of sp³-hybridized carbons (Fsp3) is 0.200. The number of aromatic nitrogens is 2. The molecule has 0 amide bonds. The Morgan fingerprint density at radius 2 is 2.00 bits per heavy atom. The second-order valence-corrected chi connectivity index (χ2v) is 5.75. The fourth-order valence-electron chi connectivity index (χ4n) is 2.01. The molecule has 1 N–H and O–H groups in total. The van der Waals surface area contributed by atoms with Crippen LogP contribution in [0.3, 0.4) is 0 Å². The molecule has 0 atom stereocenters. The first-order valence-electron chi connectivity index (χ1n) is 6.54. The van der Waals surface area contributed by atoms with Crippen LogP contribution in [-0.4, -0.2) is 23.6 Å². The molecule has 3 aromatic rings. The molecule has 0 aliphatic heterocycles. The van der Waals surface area contributed by atoms with Gasteiger partial charge in [0, 0.05) is 11.9 Å². The molecule has 108 valence electrons. The van der Waals surface area contributed by atoms with E-state index in [1.165, 1.54) is 5.56 Å². The van der Waals surface area contributed by atoms with E-state index in [2.05, 4.69) is 27.4 Å². The minimum atomic E-state index is 0.494. The summed E-state index contributed by atoms with van der Waals surface area (Å²) in [6.07, 6.45) is 0.882. The van der Waals surface area contributed by atoms with Gasteiger partial charge in [-0.2, -0.15) is 0 Å². The van der Waals surface area contributed by atoms with Crippen LogP contribution in [0.4, 0.5) is 5.95 Å². The first-order valence-corrected chi connectivity index (χ1v) is 7.79. The van der Waals surface area contributed by atoms with Crippen molar-refractivity contribution in [2.75, 3.05) is 19.0 Å². The number of hydrogen-bond acceptors (Lipinski definition) is 5. The SMILES string of the molecule is COc1ccc(CCNc2nc(Cl)c3ccsc3n2)cc1. The average molecular weight is 320 g/mol. The first-order chi connectivity index (χ1) is 10.3. The minimum Gasteiger partial charge on any atom is -0.497 e. The van der Waals surface area contributed by atoms with Gasteiger partial charge in [-0.25, -0.2) is 9.97 Å². The van der Waals surface area contributed by atoms with Gasteiger partial charge in [0.25, 0.3) is 0 Å². The van der Waals surface area contributed by atoms with Gasteiger partial charge in [0.05, 0.1) is 7.11 Å². The molecule has 0 radical (unpaired) electrons. The maximum Gasteiger partial charge on any atom is 0.225 e. The third-order valence-electron chi connectivity index (χ3n) is 3.13. The number of nitrogens with one attached hydrogen (secondary N) is 1. The number of rotatable bonds is 5. The van der Waals surface area contributed by atoms with Crippen LogP contribution in [0, 0.1) is 0 Å². The van der Waals surface area contributed by atoms with E-state index in [-0.39, 0.29) is 0 Å². The monoisotopic (exact) mass is 319 g/mol. The number of anilines is 1. The molecule has 21 heavy (non-hydrogen) atoms. The summed E-state index contributed by atoms with van der Waals surface area (Å²) in [6, 6.07) is 9.96. The van der Waals surface area contributed by atoms with Crippen molar-refractivity contribution < 1.29 is 4.74 Å². The van der Waals surface area contributed by atoms with Gasteiger partial charge in [0.1, 0.15) is 15.7 Å². The normalized spacial score (nSPS) is 10.8. The maximum absolute atomic E-state index is 6.13. The summed E-state index contributed by atoms with van der Waals surface area (Å²) in [7, 11) is 1.67. The van der Waals surface area contributed by atoms with Crippen molar-refractivity contribution in [2.45, 2.75) is 6.42 Å². The van der Waals surface area contributed by atoms with E-state index in [4.69, 9.17) is 16.3 Å². The lowest BCUT2D eigenvalue weighted by atomic mass is 10.1. The Hall–Kier alpha value is -1.85. The van der Waals surface area contributed by atoms with E-state index in [9.17, 15) is 0 Å². The second kappa shape index (κ2) is 6.28. The summed E-state index contributed by atoms with van der Waals surface area (Å²) in [4.78, 5) is 9.61. The molecule has 1 aromatic carbocycles. The quantitative estimate of drug-likeness (QED) is 0.722. The third-order valence-corrected chi connectivity index (χ3v) is 4.23. The molecule has 0 saturated carbocycles. The molecule has 0 aliphatic carbocycles. The van der Waals surface area contributed by atoms with Gasteiger partial charge in [-0.1, -0.05) is 23.7 Å². The van der Waals surface area contributed by atoms with E-state index in [1.807, 2.05) is 23.6 Å². The number of thiophene rings is 1. The number of methoxy groups -OCH3 is 1. The van der Waals surface area contributed by atoms with Crippen molar-refractivity contribution in [2.24, 2.45) is 0 Å². The molecule has 0 bridgehead atoms. The second-order valence-electron chi connectivity index (χ2n) is 4.50. The first kappa shape index (κ1) is 14.1. The van der Waals surface area contributed by atoms with Gasteiger partial charge >= 0.3 is 0 Å². The number of halogens is 1. The zero-order valence-electron chi connectivity index (χ0n) is 11.5. The standard InChI is InChI=1S/C15H14ClN3OS/c1-20-11-4-2-10(3-5-11)6-8-17-15-18-13(16)12-7-9-21-14(12)19-15/h2-5,7,9H,6,8H2,1H3,(H,17,18,19). The molecule has 0 saturated heterocycles. The van der Waals surface area contributed by atoms with Crippen molar-refractivity contribution in [3.63, 3.8) is 0 Å². The van der Waals surface area contributed by atoms with Crippen molar-refractivity contribution in [1.82, 2.24) is 9.97 Å². The molecule has 6 heteroatoms. The van der Waals surface area contributed by atoms with Crippen LogP contribution in [0.25, 0.3) is 10.2 Å². The van der Waals surface area contributed by atoms with Crippen LogP contribution in [0.5, 0.6) is 5.75 Å². The van der Waals surface area contributed by atoms with E-state index < -0.39 is 0 Å². The molecule has 2 aromatic heterocycles. The van der Waals surface area contributed by atoms with Gasteiger partial charge in [-0.05, 0) is 35.6 Å². The summed E-state index contributed by atoms with van der Waals surface area (Å²) in [5.74, 6) is 1.44. The van der Waals surface area contributed by atoms with E-state index in [1.54, 1.807) is 18.4 Å².